The number of benzene rings is 2. The van der Waals surface area contributed by atoms with Crippen molar-refractivity contribution in [2.45, 2.75) is 43.9 Å². The van der Waals surface area contributed by atoms with Gasteiger partial charge in [0.15, 0.2) is 0 Å². The van der Waals surface area contributed by atoms with E-state index in [-0.39, 0.29) is 24.1 Å². The van der Waals surface area contributed by atoms with Crippen LogP contribution in [0.1, 0.15) is 29.5 Å². The molecule has 1 aliphatic rings. The highest BCUT2D eigenvalue weighted by Crippen LogP contribution is 2.45. The molecule has 2 aromatic carbocycles. The molecule has 0 bridgehead atoms. The van der Waals surface area contributed by atoms with Crippen LogP contribution in [0.15, 0.2) is 42.5 Å². The van der Waals surface area contributed by atoms with Crippen molar-refractivity contribution in [3.05, 3.63) is 70.8 Å². The van der Waals surface area contributed by atoms with Crippen molar-refractivity contribution in [1.82, 2.24) is 5.32 Å². The van der Waals surface area contributed by atoms with Gasteiger partial charge in [-0.05, 0) is 43.0 Å². The van der Waals surface area contributed by atoms with Crippen LogP contribution in [0.5, 0.6) is 0 Å². The highest BCUT2D eigenvalue weighted by molar-refractivity contribution is 5.64. The summed E-state index contributed by atoms with van der Waals surface area (Å²) in [6.07, 6.45) is -1.38. The topological polar surface area (TPSA) is 84.6 Å². The molecule has 0 aliphatic heterocycles. The number of primary amides is 1. The number of carbonyl (C=O) groups excluding carboxylic acids is 1. The molecule has 150 valence electrons. The third-order valence-corrected chi connectivity index (χ3v) is 5.03. The van der Waals surface area contributed by atoms with Gasteiger partial charge in [-0.3, -0.25) is 0 Å². The van der Waals surface area contributed by atoms with E-state index in [1.54, 1.807) is 0 Å². The molecule has 1 saturated carbocycles. The Morgan fingerprint density at radius 2 is 1.93 bits per heavy atom. The number of amides is 1. The van der Waals surface area contributed by atoms with Crippen LogP contribution in [-0.2, 0) is 16.7 Å². The van der Waals surface area contributed by atoms with Crippen molar-refractivity contribution in [2.24, 2.45) is 5.73 Å². The van der Waals surface area contributed by atoms with Gasteiger partial charge in [0, 0.05) is 24.6 Å². The van der Waals surface area contributed by atoms with Gasteiger partial charge in [-0.1, -0.05) is 29.8 Å². The molecular formula is C21H24F2N2O3. The molecule has 0 radical (unpaired) electrons. The molecule has 1 fully saturated rings. The number of ether oxygens (including phenoxy) is 1. The fourth-order valence-electron chi connectivity index (χ4n) is 3.43. The lowest BCUT2D eigenvalue weighted by Gasteiger charge is -2.26. The number of nitrogens with one attached hydrogen (secondary N) is 1. The molecule has 0 heterocycles. The molecule has 3 rings (SSSR count). The lowest BCUT2D eigenvalue weighted by molar-refractivity contribution is 0.00561. The number of aryl methyl sites for hydroxylation is 1. The maximum Gasteiger partial charge on any atom is 0.404 e. The van der Waals surface area contributed by atoms with E-state index in [4.69, 9.17) is 10.5 Å². The van der Waals surface area contributed by atoms with E-state index in [0.29, 0.717) is 0 Å². The van der Waals surface area contributed by atoms with Crippen molar-refractivity contribution < 1.29 is 23.4 Å². The number of aliphatic hydroxyl groups excluding tert-OH is 1. The second-order valence-corrected chi connectivity index (χ2v) is 7.36. The number of aliphatic hydroxyl groups is 1. The van der Waals surface area contributed by atoms with E-state index in [1.807, 2.05) is 25.1 Å². The molecule has 5 nitrogen and oxygen atoms in total. The summed E-state index contributed by atoms with van der Waals surface area (Å²) in [6, 6.07) is 11.2. The minimum atomic E-state index is -1.10. The van der Waals surface area contributed by atoms with Gasteiger partial charge in [0.2, 0.25) is 0 Å². The molecule has 0 aromatic heterocycles. The SMILES string of the molecule is Cc1cccc(C2(NC[C@H](O)[C@H](Cc3cc(F)cc(F)c3)OC(N)=O)CC2)c1. The fraction of sp³-hybridized carbons (Fsp3) is 0.381. The first kappa shape index (κ1) is 20.2. The Bertz CT molecular complexity index is 835. The summed E-state index contributed by atoms with van der Waals surface area (Å²) in [5, 5.41) is 13.9. The Hall–Kier alpha value is -2.51. The second-order valence-electron chi connectivity index (χ2n) is 7.36. The van der Waals surface area contributed by atoms with E-state index < -0.39 is 29.9 Å². The van der Waals surface area contributed by atoms with Gasteiger partial charge >= 0.3 is 6.09 Å². The summed E-state index contributed by atoms with van der Waals surface area (Å²) in [4.78, 5) is 11.2. The largest absolute Gasteiger partial charge is 0.443 e. The summed E-state index contributed by atoms with van der Waals surface area (Å²) in [5.74, 6) is -1.48. The van der Waals surface area contributed by atoms with E-state index in [0.717, 1.165) is 42.2 Å². The zero-order chi connectivity index (χ0) is 20.3. The van der Waals surface area contributed by atoms with Gasteiger partial charge in [-0.2, -0.15) is 0 Å². The number of halogens is 2. The minimum absolute atomic E-state index is 0.0576. The Morgan fingerprint density at radius 1 is 1.25 bits per heavy atom. The highest BCUT2D eigenvalue weighted by atomic mass is 19.1. The number of nitrogens with two attached hydrogens (primary N) is 1. The van der Waals surface area contributed by atoms with Crippen molar-refractivity contribution in [2.75, 3.05) is 6.54 Å². The van der Waals surface area contributed by atoms with Gasteiger partial charge in [0.1, 0.15) is 23.8 Å². The third-order valence-electron chi connectivity index (χ3n) is 5.03. The first-order valence-corrected chi connectivity index (χ1v) is 9.19. The van der Waals surface area contributed by atoms with E-state index >= 15 is 0 Å². The van der Waals surface area contributed by atoms with Gasteiger partial charge in [0.05, 0.1) is 0 Å². The molecule has 0 unspecified atom stereocenters. The normalized spacial score (nSPS) is 17.0. The average molecular weight is 390 g/mol. The lowest BCUT2D eigenvalue weighted by Crippen LogP contribution is -2.44. The minimum Gasteiger partial charge on any atom is -0.443 e. The van der Waals surface area contributed by atoms with E-state index in [2.05, 4.69) is 11.4 Å². The fourth-order valence-corrected chi connectivity index (χ4v) is 3.43. The zero-order valence-corrected chi connectivity index (χ0v) is 15.6. The van der Waals surface area contributed by atoms with Crippen LogP contribution in [0, 0.1) is 18.6 Å². The number of rotatable bonds is 8. The van der Waals surface area contributed by atoms with Gasteiger partial charge in [-0.25, -0.2) is 13.6 Å². The monoisotopic (exact) mass is 390 g/mol. The predicted molar refractivity (Wildman–Crippen MR) is 101 cm³/mol. The second kappa shape index (κ2) is 8.24. The first-order chi connectivity index (χ1) is 13.3. The van der Waals surface area contributed by atoms with Gasteiger partial charge in [0.25, 0.3) is 0 Å². The van der Waals surface area contributed by atoms with E-state index in [9.17, 15) is 18.7 Å². The summed E-state index contributed by atoms with van der Waals surface area (Å²) in [6.45, 7) is 2.16. The predicted octanol–water partition coefficient (Wildman–Crippen LogP) is 2.92. The number of carbonyl (C=O) groups is 1. The van der Waals surface area contributed by atoms with Crippen LogP contribution in [0.2, 0.25) is 0 Å². The van der Waals surface area contributed by atoms with Gasteiger partial charge in [-0.15, -0.1) is 0 Å². The standard InChI is InChI=1S/C21H24F2N2O3/c1-13-3-2-4-15(7-13)21(5-6-21)25-12-18(26)19(28-20(24)27)10-14-8-16(22)11-17(23)9-14/h2-4,7-9,11,18-19,25-26H,5-6,10,12H2,1H3,(H2,24,27)/t18-,19-/m0/s1. The van der Waals surface area contributed by atoms with Crippen molar-refractivity contribution >= 4 is 6.09 Å². The summed E-state index contributed by atoms with van der Waals surface area (Å²) >= 11 is 0. The molecule has 0 saturated heterocycles. The Kier molecular flexibility index (Phi) is 5.96. The highest BCUT2D eigenvalue weighted by Gasteiger charge is 2.44. The summed E-state index contributed by atoms with van der Waals surface area (Å²) < 4.78 is 31.9. The maximum atomic E-state index is 13.4. The smallest absolute Gasteiger partial charge is 0.404 e. The first-order valence-electron chi connectivity index (χ1n) is 9.19. The van der Waals surface area contributed by atoms with Crippen LogP contribution >= 0.6 is 0 Å². The molecule has 0 spiro atoms. The van der Waals surface area contributed by atoms with Crippen molar-refractivity contribution in [1.29, 1.82) is 0 Å². The number of hydrogen-bond donors (Lipinski definition) is 3. The lowest BCUT2D eigenvalue weighted by atomic mass is 10.0. The Balaban J connectivity index is 1.68. The average Bonchev–Trinajstić information content (AvgIpc) is 3.39. The van der Waals surface area contributed by atoms with Crippen LogP contribution < -0.4 is 11.1 Å². The van der Waals surface area contributed by atoms with Crippen LogP contribution in [-0.4, -0.2) is 30.0 Å². The molecule has 4 N–H and O–H groups in total. The third kappa shape index (κ3) is 5.05. The summed E-state index contributed by atoms with van der Waals surface area (Å²) in [7, 11) is 0. The molecule has 2 aromatic rings. The van der Waals surface area contributed by atoms with E-state index in [1.165, 1.54) is 0 Å². The van der Waals surface area contributed by atoms with Crippen molar-refractivity contribution in [3.63, 3.8) is 0 Å². The molecule has 1 amide bonds. The molecule has 2 atom stereocenters. The molecular weight excluding hydrogens is 366 g/mol. The van der Waals surface area contributed by atoms with Crippen molar-refractivity contribution in [3.8, 4) is 0 Å². The molecule has 7 heteroatoms. The summed E-state index contributed by atoms with van der Waals surface area (Å²) in [5.41, 5.74) is 7.44. The molecule has 1 aliphatic carbocycles. The van der Waals surface area contributed by atoms with Crippen LogP contribution in [0.25, 0.3) is 0 Å². The quantitative estimate of drug-likeness (QED) is 0.647. The Morgan fingerprint density at radius 3 is 2.50 bits per heavy atom. The van der Waals surface area contributed by atoms with Crippen LogP contribution in [0.4, 0.5) is 13.6 Å². The molecule has 28 heavy (non-hydrogen) atoms. The zero-order valence-electron chi connectivity index (χ0n) is 15.6. The van der Waals surface area contributed by atoms with Crippen LogP contribution in [0.3, 0.4) is 0 Å². The maximum absolute atomic E-state index is 13.4. The number of hydrogen-bond acceptors (Lipinski definition) is 4. The Labute approximate surface area is 162 Å². The van der Waals surface area contributed by atoms with Gasteiger partial charge < -0.3 is 20.9 Å².